The summed E-state index contributed by atoms with van der Waals surface area (Å²) in [6, 6.07) is 3.90. The fourth-order valence-corrected chi connectivity index (χ4v) is 3.12. The summed E-state index contributed by atoms with van der Waals surface area (Å²) in [5.74, 6) is -0.435. The summed E-state index contributed by atoms with van der Waals surface area (Å²) in [6.45, 7) is 0.265. The van der Waals surface area contributed by atoms with E-state index in [4.69, 9.17) is 40.5 Å². The van der Waals surface area contributed by atoms with E-state index in [2.05, 4.69) is 0 Å². The number of nitrogens with two attached hydrogens (primary N) is 1. The van der Waals surface area contributed by atoms with Crippen LogP contribution in [0.4, 0.5) is 13.2 Å². The van der Waals surface area contributed by atoms with Gasteiger partial charge in [-0.3, -0.25) is 0 Å². The molecule has 0 spiro atoms. The molecule has 2 N–H and O–H groups in total. The van der Waals surface area contributed by atoms with Gasteiger partial charge in [-0.05, 0) is 48.7 Å². The number of hydrogen-bond donors (Lipinski definition) is 1. The number of alkyl halides is 3. The fraction of sp³-hybridized carbons (Fsp3) is 0.333. The molecule has 1 nitrogen and oxygen atoms in total. The molecule has 1 aromatic rings. The smallest absolute Gasteiger partial charge is 0.330 e. The largest absolute Gasteiger partial charge is 0.416 e. The zero-order chi connectivity index (χ0) is 16.5. The predicted molar refractivity (Wildman–Crippen MR) is 84.2 cm³/mol. The van der Waals surface area contributed by atoms with Crippen molar-refractivity contribution >= 4 is 34.8 Å². The quantitative estimate of drug-likeness (QED) is 0.746. The number of hydrogen-bond acceptors (Lipinski definition) is 1. The summed E-state index contributed by atoms with van der Waals surface area (Å²) in [5, 5.41) is 1.07. The Morgan fingerprint density at radius 3 is 2.41 bits per heavy atom. The highest BCUT2D eigenvalue weighted by atomic mass is 35.5. The first-order chi connectivity index (χ1) is 10.2. The average Bonchev–Trinajstić information content (AvgIpc) is 2.42. The maximum atomic E-state index is 13.1. The summed E-state index contributed by atoms with van der Waals surface area (Å²) in [5.41, 5.74) is 5.72. The summed E-state index contributed by atoms with van der Waals surface area (Å²) in [7, 11) is 0. The van der Waals surface area contributed by atoms with E-state index in [1.54, 1.807) is 6.07 Å². The molecule has 0 aromatic heterocycles. The van der Waals surface area contributed by atoms with Crippen molar-refractivity contribution in [3.05, 3.63) is 56.1 Å². The van der Waals surface area contributed by atoms with Crippen molar-refractivity contribution in [2.45, 2.75) is 24.9 Å². The SMILES string of the molecule is NCCc1cc(C2CC(Cl)=C(Cl)C=C2Cl)cc(C(F)(F)F)c1. The van der Waals surface area contributed by atoms with Crippen molar-refractivity contribution in [1.82, 2.24) is 0 Å². The van der Waals surface area contributed by atoms with E-state index < -0.39 is 17.7 Å². The maximum absolute atomic E-state index is 13.1. The predicted octanol–water partition coefficient (Wildman–Crippen LogP) is 5.51. The Morgan fingerprint density at radius 2 is 1.82 bits per heavy atom. The summed E-state index contributed by atoms with van der Waals surface area (Å²) < 4.78 is 39.2. The van der Waals surface area contributed by atoms with Gasteiger partial charge in [0.25, 0.3) is 0 Å². The lowest BCUT2D eigenvalue weighted by atomic mass is 9.89. The molecule has 0 heterocycles. The Bertz CT molecular complexity index is 635. The van der Waals surface area contributed by atoms with Crippen LogP contribution < -0.4 is 5.73 Å². The van der Waals surface area contributed by atoms with Crippen LogP contribution in [0.15, 0.2) is 39.4 Å². The van der Waals surface area contributed by atoms with Crippen molar-refractivity contribution in [2.24, 2.45) is 5.73 Å². The molecule has 1 atom stereocenters. The number of rotatable bonds is 3. The van der Waals surface area contributed by atoms with Crippen molar-refractivity contribution in [3.63, 3.8) is 0 Å². The normalized spacial score (nSPS) is 19.4. The van der Waals surface area contributed by atoms with Gasteiger partial charge in [-0.15, -0.1) is 0 Å². The Hall–Kier alpha value is -0.680. The Balaban J connectivity index is 2.47. The van der Waals surface area contributed by atoms with Gasteiger partial charge in [-0.1, -0.05) is 40.9 Å². The van der Waals surface area contributed by atoms with E-state index in [0.29, 0.717) is 32.6 Å². The molecule has 1 unspecified atom stereocenters. The van der Waals surface area contributed by atoms with Gasteiger partial charge in [0.1, 0.15) is 0 Å². The van der Waals surface area contributed by atoms with E-state index in [-0.39, 0.29) is 13.0 Å². The number of halogens is 6. The minimum Gasteiger partial charge on any atom is -0.330 e. The van der Waals surface area contributed by atoms with Crippen LogP contribution in [0, 0.1) is 0 Å². The van der Waals surface area contributed by atoms with Crippen LogP contribution in [-0.2, 0) is 12.6 Å². The maximum Gasteiger partial charge on any atom is 0.416 e. The van der Waals surface area contributed by atoms with Crippen LogP contribution in [-0.4, -0.2) is 6.54 Å². The molecule has 7 heteroatoms. The molecular weight excluding hydrogens is 358 g/mol. The highest BCUT2D eigenvalue weighted by Gasteiger charge is 2.32. The van der Waals surface area contributed by atoms with E-state index in [1.807, 2.05) is 0 Å². The van der Waals surface area contributed by atoms with Gasteiger partial charge in [-0.2, -0.15) is 13.2 Å². The van der Waals surface area contributed by atoms with Crippen molar-refractivity contribution < 1.29 is 13.2 Å². The van der Waals surface area contributed by atoms with Gasteiger partial charge in [0.2, 0.25) is 0 Å². The average molecular weight is 371 g/mol. The monoisotopic (exact) mass is 369 g/mol. The Labute approximate surface area is 141 Å². The molecule has 0 saturated carbocycles. The molecule has 0 radical (unpaired) electrons. The van der Waals surface area contributed by atoms with Gasteiger partial charge in [-0.25, -0.2) is 0 Å². The summed E-state index contributed by atoms with van der Waals surface area (Å²) >= 11 is 18.1. The van der Waals surface area contributed by atoms with Gasteiger partial charge in [0.15, 0.2) is 0 Å². The minimum atomic E-state index is -4.43. The van der Waals surface area contributed by atoms with Gasteiger partial charge in [0, 0.05) is 16.0 Å². The zero-order valence-corrected chi connectivity index (χ0v) is 13.6. The number of benzene rings is 1. The molecule has 120 valence electrons. The van der Waals surface area contributed by atoms with Gasteiger partial charge >= 0.3 is 6.18 Å². The summed E-state index contributed by atoms with van der Waals surface area (Å²) in [4.78, 5) is 0. The van der Waals surface area contributed by atoms with Crippen molar-refractivity contribution in [3.8, 4) is 0 Å². The number of allylic oxidation sites excluding steroid dienone is 4. The second-order valence-electron chi connectivity index (χ2n) is 5.04. The first kappa shape index (κ1) is 17.7. The van der Waals surface area contributed by atoms with E-state index >= 15 is 0 Å². The third-order valence-corrected chi connectivity index (χ3v) is 4.58. The molecule has 0 aliphatic heterocycles. The van der Waals surface area contributed by atoms with Gasteiger partial charge in [0.05, 0.1) is 10.6 Å². The standard InChI is InChI=1S/C15H13Cl3F3N/c16-12-7-14(18)13(17)6-11(12)9-3-8(1-2-22)4-10(5-9)15(19,20)21/h3-5,7,11H,1-2,6,22H2. The molecule has 0 bridgehead atoms. The third-order valence-electron chi connectivity index (χ3n) is 3.42. The molecule has 1 aromatic carbocycles. The zero-order valence-electron chi connectivity index (χ0n) is 11.4. The molecule has 22 heavy (non-hydrogen) atoms. The van der Waals surface area contributed by atoms with Crippen LogP contribution >= 0.6 is 34.8 Å². The second-order valence-corrected chi connectivity index (χ2v) is 6.34. The van der Waals surface area contributed by atoms with Crippen LogP contribution in [0.3, 0.4) is 0 Å². The van der Waals surface area contributed by atoms with E-state index in [1.165, 1.54) is 6.08 Å². The Kier molecular flexibility index (Phi) is 5.49. The van der Waals surface area contributed by atoms with Gasteiger partial charge < -0.3 is 5.73 Å². The lowest BCUT2D eigenvalue weighted by Crippen LogP contribution is -2.12. The first-order valence-electron chi connectivity index (χ1n) is 6.54. The Morgan fingerprint density at radius 1 is 1.14 bits per heavy atom. The molecule has 0 saturated heterocycles. The highest BCUT2D eigenvalue weighted by molar-refractivity contribution is 6.42. The van der Waals surface area contributed by atoms with Crippen LogP contribution in [0.2, 0.25) is 0 Å². The van der Waals surface area contributed by atoms with Crippen LogP contribution in [0.5, 0.6) is 0 Å². The van der Waals surface area contributed by atoms with Crippen molar-refractivity contribution in [2.75, 3.05) is 6.54 Å². The lowest BCUT2D eigenvalue weighted by Gasteiger charge is -2.23. The molecule has 0 fully saturated rings. The third kappa shape index (κ3) is 3.99. The van der Waals surface area contributed by atoms with E-state index in [0.717, 1.165) is 12.1 Å². The first-order valence-corrected chi connectivity index (χ1v) is 7.68. The molecule has 1 aliphatic carbocycles. The second kappa shape index (κ2) is 6.83. The van der Waals surface area contributed by atoms with Crippen molar-refractivity contribution in [1.29, 1.82) is 0 Å². The fourth-order valence-electron chi connectivity index (χ4n) is 2.35. The molecule has 1 aliphatic rings. The molecule has 2 rings (SSSR count). The van der Waals surface area contributed by atoms with Crippen LogP contribution in [0.1, 0.15) is 29.0 Å². The van der Waals surface area contributed by atoms with E-state index in [9.17, 15) is 13.2 Å². The lowest BCUT2D eigenvalue weighted by molar-refractivity contribution is -0.137. The summed E-state index contributed by atoms with van der Waals surface area (Å²) in [6.07, 6.45) is -2.32. The van der Waals surface area contributed by atoms with Crippen LogP contribution in [0.25, 0.3) is 0 Å². The minimum absolute atomic E-state index is 0.265. The molecule has 0 amide bonds. The molecular formula is C15H13Cl3F3N. The highest BCUT2D eigenvalue weighted by Crippen LogP contribution is 2.43. The topological polar surface area (TPSA) is 26.0 Å².